The smallest absolute Gasteiger partial charge is 0.410 e. The monoisotopic (exact) mass is 256 g/mol. The Morgan fingerprint density at radius 3 is 2.39 bits per heavy atom. The van der Waals surface area contributed by atoms with Gasteiger partial charge in [-0.3, -0.25) is 0 Å². The van der Waals surface area contributed by atoms with Gasteiger partial charge in [0.1, 0.15) is 5.60 Å². The van der Waals surface area contributed by atoms with Gasteiger partial charge < -0.3 is 14.5 Å². The molecule has 0 bridgehead atoms. The summed E-state index contributed by atoms with van der Waals surface area (Å²) in [4.78, 5) is 15.9. The molecule has 0 aromatic carbocycles. The van der Waals surface area contributed by atoms with Crippen molar-refractivity contribution in [3.63, 3.8) is 0 Å². The number of nitrogens with zero attached hydrogens (tertiary/aromatic N) is 2. The van der Waals surface area contributed by atoms with Crippen LogP contribution in [0.2, 0.25) is 0 Å². The SMILES string of the molecule is CN(CCCCN1CCCC1)C(=O)OC(C)(C)C. The second kappa shape index (κ2) is 6.98. The van der Waals surface area contributed by atoms with Gasteiger partial charge in [0.05, 0.1) is 0 Å². The summed E-state index contributed by atoms with van der Waals surface area (Å²) in [5, 5.41) is 0. The summed E-state index contributed by atoms with van der Waals surface area (Å²) in [5.74, 6) is 0. The van der Waals surface area contributed by atoms with Crippen molar-refractivity contribution in [3.8, 4) is 0 Å². The quantitative estimate of drug-likeness (QED) is 0.709. The van der Waals surface area contributed by atoms with Crippen LogP contribution in [0.5, 0.6) is 0 Å². The molecule has 0 aromatic heterocycles. The molecule has 1 saturated heterocycles. The highest BCUT2D eigenvalue weighted by molar-refractivity contribution is 5.67. The van der Waals surface area contributed by atoms with Crippen LogP contribution in [0.25, 0.3) is 0 Å². The number of hydrogen-bond acceptors (Lipinski definition) is 3. The molecule has 0 saturated carbocycles. The molecule has 0 aromatic rings. The van der Waals surface area contributed by atoms with Crippen LogP contribution in [0.4, 0.5) is 4.79 Å². The Balaban J connectivity index is 2.08. The zero-order valence-electron chi connectivity index (χ0n) is 12.4. The number of hydrogen-bond donors (Lipinski definition) is 0. The highest BCUT2D eigenvalue weighted by atomic mass is 16.6. The number of carbonyl (C=O) groups excluding carboxylic acids is 1. The van der Waals surface area contributed by atoms with Gasteiger partial charge in [0, 0.05) is 13.6 Å². The van der Waals surface area contributed by atoms with Gasteiger partial charge in [-0.25, -0.2) is 4.79 Å². The Labute approximate surface area is 111 Å². The number of carbonyl (C=O) groups is 1. The van der Waals surface area contributed by atoms with E-state index in [0.717, 1.165) is 19.4 Å². The lowest BCUT2D eigenvalue weighted by Gasteiger charge is -2.24. The Bertz CT molecular complexity index is 255. The third kappa shape index (κ3) is 6.24. The molecule has 1 aliphatic rings. The van der Waals surface area contributed by atoms with Gasteiger partial charge in [-0.1, -0.05) is 0 Å². The van der Waals surface area contributed by atoms with E-state index in [9.17, 15) is 4.79 Å². The molecular weight excluding hydrogens is 228 g/mol. The molecule has 4 heteroatoms. The molecule has 18 heavy (non-hydrogen) atoms. The lowest BCUT2D eigenvalue weighted by atomic mass is 10.2. The molecule has 4 nitrogen and oxygen atoms in total. The van der Waals surface area contributed by atoms with E-state index in [0.29, 0.717) is 0 Å². The van der Waals surface area contributed by atoms with Crippen LogP contribution in [-0.2, 0) is 4.74 Å². The zero-order valence-corrected chi connectivity index (χ0v) is 12.4. The molecule has 1 amide bonds. The average molecular weight is 256 g/mol. The normalized spacial score (nSPS) is 16.9. The van der Waals surface area contributed by atoms with Crippen molar-refractivity contribution in [1.29, 1.82) is 0 Å². The van der Waals surface area contributed by atoms with Crippen molar-refractivity contribution < 1.29 is 9.53 Å². The fraction of sp³-hybridized carbons (Fsp3) is 0.929. The molecule has 0 aliphatic carbocycles. The summed E-state index contributed by atoms with van der Waals surface area (Å²) in [6.07, 6.45) is 4.68. The van der Waals surface area contributed by atoms with E-state index in [1.54, 1.807) is 4.90 Å². The van der Waals surface area contributed by atoms with E-state index < -0.39 is 5.60 Å². The van der Waals surface area contributed by atoms with Gasteiger partial charge in [0.2, 0.25) is 0 Å². The van der Waals surface area contributed by atoms with Crippen LogP contribution >= 0.6 is 0 Å². The van der Waals surface area contributed by atoms with Crippen LogP contribution in [0, 0.1) is 0 Å². The molecule has 0 atom stereocenters. The van der Waals surface area contributed by atoms with Crippen molar-refractivity contribution in [1.82, 2.24) is 9.80 Å². The number of likely N-dealkylation sites (tertiary alicyclic amines) is 1. The zero-order chi connectivity index (χ0) is 13.6. The molecule has 0 unspecified atom stereocenters. The van der Waals surface area contributed by atoms with Crippen molar-refractivity contribution in [2.24, 2.45) is 0 Å². The average Bonchev–Trinajstić information content (AvgIpc) is 2.74. The van der Waals surface area contributed by atoms with E-state index in [4.69, 9.17) is 4.74 Å². The van der Waals surface area contributed by atoms with Crippen molar-refractivity contribution in [3.05, 3.63) is 0 Å². The summed E-state index contributed by atoms with van der Waals surface area (Å²) in [7, 11) is 1.81. The van der Waals surface area contributed by atoms with E-state index in [1.165, 1.54) is 32.5 Å². The Morgan fingerprint density at radius 1 is 1.22 bits per heavy atom. The second-order valence-corrected chi connectivity index (χ2v) is 6.16. The minimum absolute atomic E-state index is 0.219. The maximum Gasteiger partial charge on any atom is 0.410 e. The number of rotatable bonds is 5. The third-order valence-corrected chi connectivity index (χ3v) is 3.12. The van der Waals surface area contributed by atoms with Crippen LogP contribution in [0.15, 0.2) is 0 Å². The maximum atomic E-state index is 11.7. The maximum absolute atomic E-state index is 11.7. The third-order valence-electron chi connectivity index (χ3n) is 3.12. The van der Waals surface area contributed by atoms with Crippen LogP contribution in [-0.4, -0.2) is 54.7 Å². The van der Waals surface area contributed by atoms with E-state index in [-0.39, 0.29) is 6.09 Å². The minimum Gasteiger partial charge on any atom is -0.444 e. The number of amides is 1. The number of ether oxygens (including phenoxy) is 1. The first-order chi connectivity index (χ1) is 8.38. The molecule has 1 fully saturated rings. The van der Waals surface area contributed by atoms with E-state index in [2.05, 4.69) is 4.90 Å². The van der Waals surface area contributed by atoms with E-state index >= 15 is 0 Å². The molecule has 0 N–H and O–H groups in total. The minimum atomic E-state index is -0.402. The van der Waals surface area contributed by atoms with Gasteiger partial charge >= 0.3 is 6.09 Å². The molecular formula is C14H28N2O2. The lowest BCUT2D eigenvalue weighted by molar-refractivity contribution is 0.0295. The lowest BCUT2D eigenvalue weighted by Crippen LogP contribution is -2.35. The second-order valence-electron chi connectivity index (χ2n) is 6.16. The molecule has 1 heterocycles. The van der Waals surface area contributed by atoms with Crippen molar-refractivity contribution in [2.75, 3.05) is 33.2 Å². The molecule has 0 radical (unpaired) electrons. The standard InChI is InChI=1S/C14H28N2O2/c1-14(2,3)18-13(17)15(4)9-5-6-10-16-11-7-8-12-16/h5-12H2,1-4H3. The summed E-state index contributed by atoms with van der Waals surface area (Å²) in [5.41, 5.74) is -0.402. The first-order valence-corrected chi connectivity index (χ1v) is 7.05. The van der Waals surface area contributed by atoms with Crippen molar-refractivity contribution in [2.45, 2.75) is 52.1 Å². The highest BCUT2D eigenvalue weighted by Gasteiger charge is 2.19. The Morgan fingerprint density at radius 2 is 1.83 bits per heavy atom. The number of unbranched alkanes of at least 4 members (excludes halogenated alkanes) is 1. The van der Waals surface area contributed by atoms with Crippen LogP contribution in [0.1, 0.15) is 46.5 Å². The molecule has 1 aliphatic heterocycles. The topological polar surface area (TPSA) is 32.8 Å². The van der Waals surface area contributed by atoms with Gasteiger partial charge in [-0.15, -0.1) is 0 Å². The highest BCUT2D eigenvalue weighted by Crippen LogP contribution is 2.10. The summed E-state index contributed by atoms with van der Waals surface area (Å²) >= 11 is 0. The van der Waals surface area contributed by atoms with Crippen LogP contribution in [0.3, 0.4) is 0 Å². The van der Waals surface area contributed by atoms with Gasteiger partial charge in [-0.05, 0) is 66.1 Å². The summed E-state index contributed by atoms with van der Waals surface area (Å²) in [6, 6.07) is 0. The van der Waals surface area contributed by atoms with Crippen molar-refractivity contribution >= 4 is 6.09 Å². The van der Waals surface area contributed by atoms with Gasteiger partial charge in [-0.2, -0.15) is 0 Å². The Kier molecular flexibility index (Phi) is 5.93. The predicted molar refractivity (Wildman–Crippen MR) is 73.8 cm³/mol. The molecule has 1 rings (SSSR count). The largest absolute Gasteiger partial charge is 0.444 e. The van der Waals surface area contributed by atoms with Gasteiger partial charge in [0.25, 0.3) is 0 Å². The first-order valence-electron chi connectivity index (χ1n) is 7.05. The summed E-state index contributed by atoms with van der Waals surface area (Å²) in [6.45, 7) is 10.1. The van der Waals surface area contributed by atoms with Gasteiger partial charge in [0.15, 0.2) is 0 Å². The summed E-state index contributed by atoms with van der Waals surface area (Å²) < 4.78 is 5.31. The Hall–Kier alpha value is -0.770. The fourth-order valence-corrected chi connectivity index (χ4v) is 2.12. The molecule has 0 spiro atoms. The van der Waals surface area contributed by atoms with E-state index in [1.807, 2.05) is 27.8 Å². The molecule has 106 valence electrons. The van der Waals surface area contributed by atoms with Crippen LogP contribution < -0.4 is 0 Å². The first kappa shape index (κ1) is 15.3. The predicted octanol–water partition coefficient (Wildman–Crippen LogP) is 2.73. The fourth-order valence-electron chi connectivity index (χ4n) is 2.12.